The molecule has 2 heteroatoms. The Balaban J connectivity index is 1.85. The summed E-state index contributed by atoms with van der Waals surface area (Å²) in [6.45, 7) is 3.28. The maximum atomic E-state index is 6.05. The van der Waals surface area contributed by atoms with E-state index in [0.717, 1.165) is 18.0 Å². The summed E-state index contributed by atoms with van der Waals surface area (Å²) in [5.74, 6) is 0. The molecule has 1 atom stereocenters. The van der Waals surface area contributed by atoms with Crippen LogP contribution >= 0.6 is 11.6 Å². The lowest BCUT2D eigenvalue weighted by Crippen LogP contribution is -2.22. The number of hydrogen-bond donors (Lipinski definition) is 1. The Morgan fingerprint density at radius 1 is 1.39 bits per heavy atom. The van der Waals surface area contributed by atoms with Crippen LogP contribution in [0.3, 0.4) is 0 Å². The van der Waals surface area contributed by atoms with Crippen LogP contribution in [0.15, 0.2) is 35.9 Å². The molecular weight excluding hydrogens is 242 g/mol. The Morgan fingerprint density at radius 2 is 2.28 bits per heavy atom. The van der Waals surface area contributed by atoms with Crippen LogP contribution in [0.25, 0.3) is 0 Å². The largest absolute Gasteiger partial charge is 0.310 e. The maximum absolute atomic E-state index is 6.05. The minimum atomic E-state index is 0.422. The van der Waals surface area contributed by atoms with E-state index in [0.29, 0.717) is 6.04 Å². The molecule has 1 aromatic carbocycles. The fourth-order valence-corrected chi connectivity index (χ4v) is 2.79. The average molecular weight is 264 g/mol. The molecule has 2 rings (SSSR count). The van der Waals surface area contributed by atoms with Crippen molar-refractivity contribution in [3.63, 3.8) is 0 Å². The third kappa shape index (κ3) is 3.86. The van der Waals surface area contributed by atoms with E-state index in [1.54, 1.807) is 5.57 Å². The Hall–Kier alpha value is -0.790. The third-order valence-electron chi connectivity index (χ3n) is 3.63. The molecule has 0 saturated heterocycles. The Kier molecular flexibility index (Phi) is 5.27. The van der Waals surface area contributed by atoms with Crippen molar-refractivity contribution in [1.29, 1.82) is 0 Å². The van der Waals surface area contributed by atoms with Gasteiger partial charge in [-0.1, -0.05) is 42.3 Å². The zero-order chi connectivity index (χ0) is 12.8. The standard InChI is InChI=1S/C16H22ClN/c1-2-16(14-8-5-9-15(17)12-14)18-11-10-13-6-3-4-7-13/h5-6,8-9,12,16,18H,2-4,7,10-11H2,1H3. The van der Waals surface area contributed by atoms with Gasteiger partial charge < -0.3 is 5.32 Å². The van der Waals surface area contributed by atoms with Gasteiger partial charge in [0.15, 0.2) is 0 Å². The molecule has 0 bridgehead atoms. The Labute approximate surface area is 115 Å². The van der Waals surface area contributed by atoms with Gasteiger partial charge in [-0.05, 0) is 56.3 Å². The molecular formula is C16H22ClN. The summed E-state index contributed by atoms with van der Waals surface area (Å²) in [5.41, 5.74) is 2.92. The number of allylic oxidation sites excluding steroid dienone is 1. The fraction of sp³-hybridized carbons (Fsp3) is 0.500. The highest BCUT2D eigenvalue weighted by Crippen LogP contribution is 2.22. The van der Waals surface area contributed by atoms with Gasteiger partial charge in [-0.3, -0.25) is 0 Å². The molecule has 1 N–H and O–H groups in total. The van der Waals surface area contributed by atoms with Crippen molar-refractivity contribution in [2.75, 3.05) is 6.54 Å². The second-order valence-corrected chi connectivity index (χ2v) is 5.41. The van der Waals surface area contributed by atoms with Crippen molar-refractivity contribution in [2.45, 2.75) is 45.1 Å². The van der Waals surface area contributed by atoms with E-state index in [2.05, 4.69) is 30.4 Å². The van der Waals surface area contributed by atoms with Gasteiger partial charge in [-0.15, -0.1) is 0 Å². The highest BCUT2D eigenvalue weighted by atomic mass is 35.5. The second kappa shape index (κ2) is 6.96. The van der Waals surface area contributed by atoms with Gasteiger partial charge in [0, 0.05) is 11.1 Å². The number of rotatable bonds is 6. The lowest BCUT2D eigenvalue weighted by atomic mass is 10.0. The third-order valence-corrected chi connectivity index (χ3v) is 3.87. The summed E-state index contributed by atoms with van der Waals surface area (Å²) in [4.78, 5) is 0. The van der Waals surface area contributed by atoms with Gasteiger partial charge >= 0.3 is 0 Å². The van der Waals surface area contributed by atoms with Gasteiger partial charge in [0.25, 0.3) is 0 Å². The van der Waals surface area contributed by atoms with Crippen molar-refractivity contribution in [3.05, 3.63) is 46.5 Å². The van der Waals surface area contributed by atoms with Crippen molar-refractivity contribution >= 4 is 11.6 Å². The first-order valence-corrected chi connectivity index (χ1v) is 7.34. The first-order valence-electron chi connectivity index (χ1n) is 6.96. The number of nitrogens with one attached hydrogen (secondary N) is 1. The number of halogens is 1. The smallest absolute Gasteiger partial charge is 0.0409 e. The van der Waals surface area contributed by atoms with Crippen LogP contribution in [-0.2, 0) is 0 Å². The molecule has 0 heterocycles. The molecule has 1 unspecified atom stereocenters. The van der Waals surface area contributed by atoms with E-state index in [1.807, 2.05) is 12.1 Å². The zero-order valence-electron chi connectivity index (χ0n) is 11.1. The van der Waals surface area contributed by atoms with Gasteiger partial charge in [-0.2, -0.15) is 0 Å². The van der Waals surface area contributed by atoms with E-state index < -0.39 is 0 Å². The van der Waals surface area contributed by atoms with Crippen molar-refractivity contribution in [2.24, 2.45) is 0 Å². The van der Waals surface area contributed by atoms with Crippen LogP contribution in [0.1, 0.15) is 50.6 Å². The van der Waals surface area contributed by atoms with Crippen LogP contribution in [0.2, 0.25) is 5.02 Å². The van der Waals surface area contributed by atoms with Crippen molar-refractivity contribution in [1.82, 2.24) is 5.32 Å². The Bertz CT molecular complexity index is 411. The van der Waals surface area contributed by atoms with Gasteiger partial charge in [-0.25, -0.2) is 0 Å². The molecule has 18 heavy (non-hydrogen) atoms. The molecule has 0 saturated carbocycles. The molecule has 1 aliphatic carbocycles. The van der Waals surface area contributed by atoms with E-state index in [-0.39, 0.29) is 0 Å². The molecule has 0 fully saturated rings. The van der Waals surface area contributed by atoms with E-state index in [9.17, 15) is 0 Å². The summed E-state index contributed by atoms with van der Waals surface area (Å²) in [7, 11) is 0. The SMILES string of the molecule is CCC(NCCC1=CCCC1)c1cccc(Cl)c1. The molecule has 98 valence electrons. The molecule has 1 nitrogen and oxygen atoms in total. The molecule has 0 radical (unpaired) electrons. The average Bonchev–Trinajstić information content (AvgIpc) is 2.88. The molecule has 0 aromatic heterocycles. The summed E-state index contributed by atoms with van der Waals surface area (Å²) >= 11 is 6.05. The molecule has 1 aromatic rings. The summed E-state index contributed by atoms with van der Waals surface area (Å²) < 4.78 is 0. The van der Waals surface area contributed by atoms with Crippen LogP contribution in [0, 0.1) is 0 Å². The minimum Gasteiger partial charge on any atom is -0.310 e. The van der Waals surface area contributed by atoms with E-state index in [4.69, 9.17) is 11.6 Å². The van der Waals surface area contributed by atoms with Crippen molar-refractivity contribution < 1.29 is 0 Å². The van der Waals surface area contributed by atoms with E-state index >= 15 is 0 Å². The van der Waals surface area contributed by atoms with Crippen LogP contribution in [-0.4, -0.2) is 6.54 Å². The maximum Gasteiger partial charge on any atom is 0.0409 e. The number of hydrogen-bond acceptors (Lipinski definition) is 1. The van der Waals surface area contributed by atoms with Crippen LogP contribution < -0.4 is 5.32 Å². The molecule has 0 spiro atoms. The van der Waals surface area contributed by atoms with Gasteiger partial charge in [0.2, 0.25) is 0 Å². The van der Waals surface area contributed by atoms with Gasteiger partial charge in [0.05, 0.1) is 0 Å². The van der Waals surface area contributed by atoms with Gasteiger partial charge in [0.1, 0.15) is 0 Å². The first kappa shape index (κ1) is 13.6. The molecule has 0 amide bonds. The molecule has 1 aliphatic rings. The second-order valence-electron chi connectivity index (χ2n) is 4.97. The first-order chi connectivity index (χ1) is 8.79. The minimum absolute atomic E-state index is 0.422. The zero-order valence-corrected chi connectivity index (χ0v) is 11.8. The highest BCUT2D eigenvalue weighted by molar-refractivity contribution is 6.30. The number of benzene rings is 1. The van der Waals surface area contributed by atoms with Crippen LogP contribution in [0.5, 0.6) is 0 Å². The van der Waals surface area contributed by atoms with Crippen LogP contribution in [0.4, 0.5) is 0 Å². The summed E-state index contributed by atoms with van der Waals surface area (Å²) in [5, 5.41) is 4.47. The predicted molar refractivity (Wildman–Crippen MR) is 79.0 cm³/mol. The monoisotopic (exact) mass is 263 g/mol. The van der Waals surface area contributed by atoms with E-state index in [1.165, 1.54) is 31.2 Å². The Morgan fingerprint density at radius 3 is 2.94 bits per heavy atom. The predicted octanol–water partition coefficient (Wildman–Crippen LogP) is 4.88. The normalized spacial score (nSPS) is 16.7. The lowest BCUT2D eigenvalue weighted by Gasteiger charge is -2.18. The van der Waals surface area contributed by atoms with Crippen molar-refractivity contribution in [3.8, 4) is 0 Å². The topological polar surface area (TPSA) is 12.0 Å². The fourth-order valence-electron chi connectivity index (χ4n) is 2.59. The highest BCUT2D eigenvalue weighted by Gasteiger charge is 2.10. The molecule has 0 aliphatic heterocycles. The quantitative estimate of drug-likeness (QED) is 0.721. The summed E-state index contributed by atoms with van der Waals surface area (Å²) in [6, 6.07) is 8.60. The lowest BCUT2D eigenvalue weighted by molar-refractivity contribution is 0.520. The summed E-state index contributed by atoms with van der Waals surface area (Å²) in [6.07, 6.45) is 8.62.